The molecule has 6 heteroatoms. The van der Waals surface area contributed by atoms with Gasteiger partial charge in [0.25, 0.3) is 5.69 Å². The summed E-state index contributed by atoms with van der Waals surface area (Å²) in [5, 5.41) is 14.3. The van der Waals surface area contributed by atoms with Gasteiger partial charge in [-0.2, -0.15) is 0 Å². The van der Waals surface area contributed by atoms with E-state index in [1.165, 1.54) is 9.75 Å². The van der Waals surface area contributed by atoms with E-state index in [1.807, 2.05) is 19.1 Å². The lowest BCUT2D eigenvalue weighted by Gasteiger charge is -2.06. The molecule has 0 unspecified atom stereocenters. The Labute approximate surface area is 130 Å². The van der Waals surface area contributed by atoms with E-state index < -0.39 is 0 Å². The summed E-state index contributed by atoms with van der Waals surface area (Å²) in [6, 6.07) is 7.38. The van der Waals surface area contributed by atoms with E-state index in [0.717, 1.165) is 15.7 Å². The average molecular weight is 355 g/mol. The highest BCUT2D eigenvalue weighted by Crippen LogP contribution is 2.28. The number of nitrogens with zero attached hydrogens (tertiary/aromatic N) is 1. The van der Waals surface area contributed by atoms with Gasteiger partial charge in [0.15, 0.2) is 0 Å². The predicted molar refractivity (Wildman–Crippen MR) is 86.6 cm³/mol. The van der Waals surface area contributed by atoms with Crippen molar-refractivity contribution in [3.8, 4) is 0 Å². The summed E-state index contributed by atoms with van der Waals surface area (Å²) in [4.78, 5) is 13.1. The van der Waals surface area contributed by atoms with Crippen LogP contribution in [0.4, 0.5) is 11.4 Å². The Bertz CT molecular complexity index is 621. The van der Waals surface area contributed by atoms with Gasteiger partial charge in [-0.25, -0.2) is 0 Å². The SMILES string of the molecule is CCc1ccc(NCc2cc(Br)c(C)s2)cc1[N+](=O)[O-]. The molecule has 0 bridgehead atoms. The standard InChI is InChI=1S/C14H15BrN2O2S/c1-3-10-4-5-11(6-14(10)17(18)19)16-8-12-7-13(15)9(2)20-12/h4-7,16H,3,8H2,1-2H3. The molecule has 1 N–H and O–H groups in total. The Morgan fingerprint density at radius 2 is 2.15 bits per heavy atom. The van der Waals surface area contributed by atoms with Gasteiger partial charge in [-0.15, -0.1) is 11.3 Å². The van der Waals surface area contributed by atoms with Crippen LogP contribution in [-0.2, 0) is 13.0 Å². The fourth-order valence-corrected chi connectivity index (χ4v) is 3.48. The number of nitro groups is 1. The van der Waals surface area contributed by atoms with Gasteiger partial charge in [0.05, 0.1) is 4.92 Å². The van der Waals surface area contributed by atoms with Gasteiger partial charge in [-0.3, -0.25) is 10.1 Å². The lowest BCUT2D eigenvalue weighted by Crippen LogP contribution is -2.00. The van der Waals surface area contributed by atoms with Crippen LogP contribution in [0, 0.1) is 17.0 Å². The monoisotopic (exact) mass is 354 g/mol. The molecule has 4 nitrogen and oxygen atoms in total. The molecule has 0 amide bonds. The van der Waals surface area contributed by atoms with Gasteiger partial charge in [-0.05, 0) is 41.4 Å². The zero-order valence-electron chi connectivity index (χ0n) is 11.3. The van der Waals surface area contributed by atoms with Gasteiger partial charge in [0, 0.05) is 38.1 Å². The number of nitrogens with one attached hydrogen (secondary N) is 1. The normalized spacial score (nSPS) is 10.6. The lowest BCUT2D eigenvalue weighted by molar-refractivity contribution is -0.385. The van der Waals surface area contributed by atoms with Gasteiger partial charge < -0.3 is 5.32 Å². The van der Waals surface area contributed by atoms with Gasteiger partial charge in [-0.1, -0.05) is 13.0 Å². The molecule has 0 atom stereocenters. The average Bonchev–Trinajstić information content (AvgIpc) is 2.75. The van der Waals surface area contributed by atoms with Crippen LogP contribution in [-0.4, -0.2) is 4.92 Å². The second kappa shape index (κ2) is 6.37. The van der Waals surface area contributed by atoms with Crippen molar-refractivity contribution >= 4 is 38.6 Å². The Hall–Kier alpha value is -1.40. The number of thiophene rings is 1. The highest BCUT2D eigenvalue weighted by atomic mass is 79.9. The molecule has 0 fully saturated rings. The van der Waals surface area contributed by atoms with E-state index in [-0.39, 0.29) is 10.6 Å². The van der Waals surface area contributed by atoms with Crippen molar-refractivity contribution in [2.24, 2.45) is 0 Å². The second-order valence-electron chi connectivity index (χ2n) is 4.42. The molecule has 0 aliphatic carbocycles. The van der Waals surface area contributed by atoms with Crippen LogP contribution in [0.5, 0.6) is 0 Å². The highest BCUT2D eigenvalue weighted by molar-refractivity contribution is 9.10. The van der Waals surface area contributed by atoms with Crippen molar-refractivity contribution in [2.75, 3.05) is 5.32 Å². The number of hydrogen-bond donors (Lipinski definition) is 1. The maximum atomic E-state index is 11.0. The van der Waals surface area contributed by atoms with Crippen LogP contribution in [0.3, 0.4) is 0 Å². The van der Waals surface area contributed by atoms with Crippen LogP contribution in [0.15, 0.2) is 28.7 Å². The van der Waals surface area contributed by atoms with Gasteiger partial charge in [0.2, 0.25) is 0 Å². The minimum Gasteiger partial charge on any atom is -0.380 e. The third-order valence-corrected chi connectivity index (χ3v) is 5.17. The first-order valence-electron chi connectivity index (χ1n) is 6.27. The summed E-state index contributed by atoms with van der Waals surface area (Å²) >= 11 is 5.19. The fraction of sp³-hybridized carbons (Fsp3) is 0.286. The molecule has 1 aromatic carbocycles. The van der Waals surface area contributed by atoms with E-state index in [2.05, 4.69) is 34.2 Å². The molecule has 1 aromatic heterocycles. The molecular formula is C14H15BrN2O2S. The summed E-state index contributed by atoms with van der Waals surface area (Å²) in [6.45, 7) is 4.64. The van der Waals surface area contributed by atoms with Crippen molar-refractivity contribution in [1.82, 2.24) is 0 Å². The molecule has 0 radical (unpaired) electrons. The molecule has 0 saturated heterocycles. The summed E-state index contributed by atoms with van der Waals surface area (Å²) < 4.78 is 1.10. The van der Waals surface area contributed by atoms with E-state index >= 15 is 0 Å². The highest BCUT2D eigenvalue weighted by Gasteiger charge is 2.13. The summed E-state index contributed by atoms with van der Waals surface area (Å²) in [7, 11) is 0. The molecule has 0 aliphatic rings. The first-order valence-corrected chi connectivity index (χ1v) is 7.88. The van der Waals surface area contributed by atoms with Crippen molar-refractivity contribution < 1.29 is 4.92 Å². The van der Waals surface area contributed by atoms with E-state index in [0.29, 0.717) is 13.0 Å². The number of halogens is 1. The first-order chi connectivity index (χ1) is 9.51. The Kier molecular flexibility index (Phi) is 4.77. The topological polar surface area (TPSA) is 55.2 Å². The van der Waals surface area contributed by atoms with Gasteiger partial charge in [0.1, 0.15) is 0 Å². The molecule has 2 aromatic rings. The summed E-state index contributed by atoms with van der Waals surface area (Å²) in [6.07, 6.45) is 0.660. The number of benzene rings is 1. The smallest absolute Gasteiger partial charge is 0.274 e. The van der Waals surface area contributed by atoms with Crippen molar-refractivity contribution in [1.29, 1.82) is 0 Å². The molecule has 0 saturated carbocycles. The molecule has 0 spiro atoms. The first kappa shape index (κ1) is 15.0. The predicted octanol–water partition coefficient (Wildman–Crippen LogP) is 4.90. The third-order valence-electron chi connectivity index (χ3n) is 3.04. The maximum Gasteiger partial charge on any atom is 0.274 e. The quantitative estimate of drug-likeness (QED) is 0.613. The van der Waals surface area contributed by atoms with Crippen LogP contribution < -0.4 is 5.32 Å². The fourth-order valence-electron chi connectivity index (χ4n) is 1.94. The number of aryl methyl sites for hydroxylation is 2. The Balaban J connectivity index is 2.13. The molecular weight excluding hydrogens is 340 g/mol. The second-order valence-corrected chi connectivity index (χ2v) is 6.62. The maximum absolute atomic E-state index is 11.0. The number of hydrogen-bond acceptors (Lipinski definition) is 4. The molecule has 106 valence electrons. The zero-order chi connectivity index (χ0) is 14.7. The lowest BCUT2D eigenvalue weighted by atomic mass is 10.1. The molecule has 1 heterocycles. The number of nitro benzene ring substituents is 1. The van der Waals surface area contributed by atoms with E-state index in [1.54, 1.807) is 17.4 Å². The van der Waals surface area contributed by atoms with Crippen LogP contribution >= 0.6 is 27.3 Å². The minimum atomic E-state index is -0.324. The number of rotatable bonds is 5. The van der Waals surface area contributed by atoms with Crippen LogP contribution in [0.25, 0.3) is 0 Å². The third kappa shape index (κ3) is 3.37. The van der Waals surface area contributed by atoms with Crippen molar-refractivity contribution in [3.05, 3.63) is 54.2 Å². The van der Waals surface area contributed by atoms with Crippen LogP contribution in [0.1, 0.15) is 22.2 Å². The Morgan fingerprint density at radius 3 is 2.70 bits per heavy atom. The molecule has 20 heavy (non-hydrogen) atoms. The summed E-state index contributed by atoms with van der Waals surface area (Å²) in [5.41, 5.74) is 1.72. The van der Waals surface area contributed by atoms with E-state index in [9.17, 15) is 10.1 Å². The minimum absolute atomic E-state index is 0.182. The molecule has 0 aliphatic heterocycles. The summed E-state index contributed by atoms with van der Waals surface area (Å²) in [5.74, 6) is 0. The van der Waals surface area contributed by atoms with Crippen molar-refractivity contribution in [2.45, 2.75) is 26.8 Å². The van der Waals surface area contributed by atoms with Gasteiger partial charge >= 0.3 is 0 Å². The van der Waals surface area contributed by atoms with E-state index in [4.69, 9.17) is 0 Å². The van der Waals surface area contributed by atoms with Crippen LogP contribution in [0.2, 0.25) is 0 Å². The Morgan fingerprint density at radius 1 is 1.40 bits per heavy atom. The van der Waals surface area contributed by atoms with Crippen molar-refractivity contribution in [3.63, 3.8) is 0 Å². The number of anilines is 1. The largest absolute Gasteiger partial charge is 0.380 e. The zero-order valence-corrected chi connectivity index (χ0v) is 13.7. The molecule has 2 rings (SSSR count).